The van der Waals surface area contributed by atoms with E-state index in [1.807, 2.05) is 37.3 Å². The number of likely N-dealkylation sites (tertiary alicyclic amines) is 1. The number of nitrogens with zero attached hydrogens (tertiary/aromatic N) is 1. The standard InChI is InChI=1S/C16H23NO3/c1-2-16(15(18)19)8-10-17(11-9-16)12-13-20-14-6-4-3-5-7-14/h3-7H,2,8-13H2,1H3,(H,18,19). The lowest BCUT2D eigenvalue weighted by Gasteiger charge is -2.38. The molecule has 0 aliphatic carbocycles. The molecule has 0 atom stereocenters. The fourth-order valence-electron chi connectivity index (χ4n) is 2.73. The highest BCUT2D eigenvalue weighted by Crippen LogP contribution is 2.34. The highest BCUT2D eigenvalue weighted by atomic mass is 16.5. The molecule has 2 rings (SSSR count). The molecule has 0 radical (unpaired) electrons. The van der Waals surface area contributed by atoms with Crippen LogP contribution in [0, 0.1) is 5.41 Å². The van der Waals surface area contributed by atoms with Crippen molar-refractivity contribution in [3.8, 4) is 5.75 Å². The fraction of sp³-hybridized carbons (Fsp3) is 0.562. The first-order valence-corrected chi connectivity index (χ1v) is 7.30. The summed E-state index contributed by atoms with van der Waals surface area (Å²) in [5.74, 6) is 0.248. The minimum absolute atomic E-state index is 0.503. The number of ether oxygens (including phenoxy) is 1. The fourth-order valence-corrected chi connectivity index (χ4v) is 2.73. The Hall–Kier alpha value is -1.55. The summed E-state index contributed by atoms with van der Waals surface area (Å²) in [5.41, 5.74) is -0.503. The summed E-state index contributed by atoms with van der Waals surface area (Å²) in [6, 6.07) is 9.77. The van der Waals surface area contributed by atoms with E-state index in [2.05, 4.69) is 4.90 Å². The van der Waals surface area contributed by atoms with E-state index in [4.69, 9.17) is 4.74 Å². The monoisotopic (exact) mass is 277 g/mol. The molecule has 1 aliphatic rings. The number of hydrogen-bond donors (Lipinski definition) is 1. The number of carboxylic acids is 1. The van der Waals surface area contributed by atoms with Crippen molar-refractivity contribution in [3.05, 3.63) is 30.3 Å². The van der Waals surface area contributed by atoms with Crippen LogP contribution < -0.4 is 4.74 Å². The smallest absolute Gasteiger partial charge is 0.309 e. The maximum Gasteiger partial charge on any atom is 0.309 e. The Bertz CT molecular complexity index is 425. The molecule has 0 aromatic heterocycles. The minimum atomic E-state index is -0.639. The number of para-hydroxylation sites is 1. The second kappa shape index (κ2) is 6.75. The van der Waals surface area contributed by atoms with Gasteiger partial charge in [-0.25, -0.2) is 0 Å². The zero-order valence-corrected chi connectivity index (χ0v) is 12.0. The van der Waals surface area contributed by atoms with Crippen LogP contribution in [-0.2, 0) is 4.79 Å². The van der Waals surface area contributed by atoms with Gasteiger partial charge in [0.1, 0.15) is 12.4 Å². The Kier molecular flexibility index (Phi) is 5.01. The molecule has 1 fully saturated rings. The van der Waals surface area contributed by atoms with Crippen molar-refractivity contribution in [1.82, 2.24) is 4.90 Å². The van der Waals surface area contributed by atoms with Crippen molar-refractivity contribution in [1.29, 1.82) is 0 Å². The van der Waals surface area contributed by atoms with Crippen molar-refractivity contribution in [3.63, 3.8) is 0 Å². The van der Waals surface area contributed by atoms with Gasteiger partial charge in [-0.2, -0.15) is 0 Å². The van der Waals surface area contributed by atoms with E-state index in [1.165, 1.54) is 0 Å². The Morgan fingerprint density at radius 1 is 1.30 bits per heavy atom. The van der Waals surface area contributed by atoms with Crippen LogP contribution in [-0.4, -0.2) is 42.2 Å². The molecule has 0 saturated carbocycles. The second-order valence-corrected chi connectivity index (χ2v) is 5.44. The highest BCUT2D eigenvalue weighted by molar-refractivity contribution is 5.74. The van der Waals surface area contributed by atoms with Gasteiger partial charge in [-0.3, -0.25) is 9.69 Å². The van der Waals surface area contributed by atoms with Crippen LogP contribution in [0.3, 0.4) is 0 Å². The molecule has 4 heteroatoms. The summed E-state index contributed by atoms with van der Waals surface area (Å²) in [4.78, 5) is 13.7. The van der Waals surface area contributed by atoms with E-state index in [9.17, 15) is 9.90 Å². The molecule has 1 aliphatic heterocycles. The largest absolute Gasteiger partial charge is 0.492 e. The lowest BCUT2D eigenvalue weighted by Crippen LogP contribution is -2.45. The van der Waals surface area contributed by atoms with Gasteiger partial charge in [-0.15, -0.1) is 0 Å². The Morgan fingerprint density at radius 2 is 1.95 bits per heavy atom. The van der Waals surface area contributed by atoms with E-state index in [0.717, 1.165) is 44.6 Å². The number of rotatable bonds is 6. The van der Waals surface area contributed by atoms with Gasteiger partial charge in [-0.1, -0.05) is 25.1 Å². The lowest BCUT2D eigenvalue weighted by molar-refractivity contribution is -0.152. The first-order valence-electron chi connectivity index (χ1n) is 7.30. The van der Waals surface area contributed by atoms with Gasteiger partial charge in [0.2, 0.25) is 0 Å². The van der Waals surface area contributed by atoms with Crippen LogP contribution >= 0.6 is 0 Å². The minimum Gasteiger partial charge on any atom is -0.492 e. The molecule has 1 N–H and O–H groups in total. The van der Waals surface area contributed by atoms with Crippen LogP contribution in [0.4, 0.5) is 0 Å². The van der Waals surface area contributed by atoms with Gasteiger partial charge in [0.15, 0.2) is 0 Å². The SMILES string of the molecule is CCC1(C(=O)O)CCN(CCOc2ccccc2)CC1. The maximum absolute atomic E-state index is 11.4. The molecule has 1 saturated heterocycles. The predicted molar refractivity (Wildman–Crippen MR) is 78.0 cm³/mol. The molecule has 0 unspecified atom stereocenters. The van der Waals surface area contributed by atoms with Crippen molar-refractivity contribution in [2.45, 2.75) is 26.2 Å². The molecule has 0 spiro atoms. The summed E-state index contributed by atoms with van der Waals surface area (Å²) in [5, 5.41) is 9.36. The van der Waals surface area contributed by atoms with Gasteiger partial charge in [0.05, 0.1) is 5.41 Å². The van der Waals surface area contributed by atoms with Gasteiger partial charge < -0.3 is 9.84 Å². The van der Waals surface area contributed by atoms with Crippen LogP contribution in [0.25, 0.3) is 0 Å². The molecule has 1 heterocycles. The summed E-state index contributed by atoms with van der Waals surface area (Å²) >= 11 is 0. The first kappa shape index (κ1) is 14.9. The maximum atomic E-state index is 11.4. The zero-order valence-electron chi connectivity index (χ0n) is 12.0. The molecule has 1 aromatic carbocycles. The van der Waals surface area contributed by atoms with Crippen LogP contribution in [0.2, 0.25) is 0 Å². The molecule has 1 aromatic rings. The summed E-state index contributed by atoms with van der Waals surface area (Å²) in [6.07, 6.45) is 2.20. The van der Waals surface area contributed by atoms with Crippen molar-refractivity contribution >= 4 is 5.97 Å². The molecule has 110 valence electrons. The van der Waals surface area contributed by atoms with Gasteiger partial charge in [-0.05, 0) is 44.5 Å². The number of carbonyl (C=O) groups is 1. The third kappa shape index (κ3) is 3.51. The third-order valence-electron chi connectivity index (χ3n) is 4.36. The molecule has 20 heavy (non-hydrogen) atoms. The zero-order chi connectivity index (χ0) is 14.4. The Morgan fingerprint density at radius 3 is 2.50 bits per heavy atom. The van der Waals surface area contributed by atoms with Crippen molar-refractivity contribution < 1.29 is 14.6 Å². The average molecular weight is 277 g/mol. The normalized spacial score (nSPS) is 18.6. The van der Waals surface area contributed by atoms with Crippen LogP contribution in [0.5, 0.6) is 5.75 Å². The summed E-state index contributed by atoms with van der Waals surface area (Å²) in [6.45, 7) is 5.17. The predicted octanol–water partition coefficient (Wildman–Crippen LogP) is 2.64. The van der Waals surface area contributed by atoms with E-state index in [1.54, 1.807) is 0 Å². The highest BCUT2D eigenvalue weighted by Gasteiger charge is 2.39. The first-order chi connectivity index (χ1) is 9.66. The molecular weight excluding hydrogens is 254 g/mol. The molecule has 0 bridgehead atoms. The molecule has 4 nitrogen and oxygen atoms in total. The van der Waals surface area contributed by atoms with E-state index in [0.29, 0.717) is 6.61 Å². The average Bonchev–Trinajstić information content (AvgIpc) is 2.49. The van der Waals surface area contributed by atoms with Gasteiger partial charge in [0.25, 0.3) is 0 Å². The van der Waals surface area contributed by atoms with Gasteiger partial charge in [0, 0.05) is 6.54 Å². The number of carboxylic acid groups (broad SMARTS) is 1. The van der Waals surface area contributed by atoms with E-state index in [-0.39, 0.29) is 0 Å². The van der Waals surface area contributed by atoms with Crippen molar-refractivity contribution in [2.24, 2.45) is 5.41 Å². The van der Waals surface area contributed by atoms with Crippen LogP contribution in [0.15, 0.2) is 30.3 Å². The Labute approximate surface area is 120 Å². The lowest BCUT2D eigenvalue weighted by atomic mass is 9.76. The van der Waals surface area contributed by atoms with Crippen LogP contribution in [0.1, 0.15) is 26.2 Å². The second-order valence-electron chi connectivity index (χ2n) is 5.44. The van der Waals surface area contributed by atoms with E-state index < -0.39 is 11.4 Å². The number of piperidine rings is 1. The molecular formula is C16H23NO3. The van der Waals surface area contributed by atoms with Gasteiger partial charge >= 0.3 is 5.97 Å². The number of benzene rings is 1. The van der Waals surface area contributed by atoms with Crippen molar-refractivity contribution in [2.75, 3.05) is 26.2 Å². The number of aliphatic carboxylic acids is 1. The Balaban J connectivity index is 1.73. The summed E-state index contributed by atoms with van der Waals surface area (Å²) < 4.78 is 5.68. The topological polar surface area (TPSA) is 49.8 Å². The molecule has 0 amide bonds. The van der Waals surface area contributed by atoms with E-state index >= 15 is 0 Å². The third-order valence-corrected chi connectivity index (χ3v) is 4.36. The summed E-state index contributed by atoms with van der Waals surface area (Å²) in [7, 11) is 0. The quantitative estimate of drug-likeness (QED) is 0.868. The number of hydrogen-bond acceptors (Lipinski definition) is 3.